The fourth-order valence-electron chi connectivity index (χ4n) is 1.63. The molecule has 3 nitrogen and oxygen atoms in total. The third-order valence-corrected chi connectivity index (χ3v) is 3.32. The number of alkyl halides is 3. The van der Waals surface area contributed by atoms with E-state index in [4.69, 9.17) is 0 Å². The van der Waals surface area contributed by atoms with Crippen LogP contribution < -0.4 is 0 Å². The minimum atomic E-state index is -4.35. The summed E-state index contributed by atoms with van der Waals surface area (Å²) in [5, 5.41) is 8.40. The minimum Gasteiger partial charge on any atom is -0.180 e. The molecule has 104 valence electrons. The molecule has 2 aromatic rings. The highest BCUT2D eigenvalue weighted by Crippen LogP contribution is 2.32. The first kappa shape index (κ1) is 13.8. The van der Waals surface area contributed by atoms with E-state index in [9.17, 15) is 13.2 Å². The second-order valence-electron chi connectivity index (χ2n) is 5.76. The smallest absolute Gasteiger partial charge is 0.180 e. The molecule has 0 aliphatic carbocycles. The van der Waals surface area contributed by atoms with Gasteiger partial charge < -0.3 is 0 Å². The zero-order valence-corrected chi connectivity index (χ0v) is 11.3. The Morgan fingerprint density at radius 1 is 1.05 bits per heavy atom. The van der Waals surface area contributed by atoms with Gasteiger partial charge in [0.05, 0.1) is 11.6 Å². The quantitative estimate of drug-likeness (QED) is 0.783. The molecule has 1 heterocycles. The van der Waals surface area contributed by atoms with E-state index in [1.807, 2.05) is 27.7 Å². The van der Waals surface area contributed by atoms with Crippen molar-refractivity contribution in [1.29, 1.82) is 0 Å². The summed E-state index contributed by atoms with van der Waals surface area (Å²) in [5.41, 5.74) is -0.0208. The van der Waals surface area contributed by atoms with Gasteiger partial charge in [-0.25, -0.2) is 0 Å². The lowest BCUT2D eigenvalue weighted by atomic mass is 9.88. The Morgan fingerprint density at radius 3 is 2.16 bits per heavy atom. The average molecular weight is 271 g/mol. The van der Waals surface area contributed by atoms with Gasteiger partial charge in [0.15, 0.2) is 0 Å². The van der Waals surface area contributed by atoms with Gasteiger partial charge in [0.2, 0.25) is 0 Å². The van der Waals surface area contributed by atoms with Crippen LogP contribution in [0.2, 0.25) is 0 Å². The van der Waals surface area contributed by atoms with Crippen molar-refractivity contribution in [2.24, 2.45) is 5.41 Å². The predicted octanol–water partition coefficient (Wildman–Crippen LogP) is 4.06. The maximum Gasteiger partial charge on any atom is 0.416 e. The molecule has 0 bridgehead atoms. The molecule has 0 saturated carbocycles. The Bertz CT molecular complexity index is 593. The Kier molecular flexibility index (Phi) is 3.07. The number of benzene rings is 1. The van der Waals surface area contributed by atoms with E-state index in [-0.39, 0.29) is 17.0 Å². The molecule has 1 aromatic heterocycles. The van der Waals surface area contributed by atoms with Crippen molar-refractivity contribution in [2.45, 2.75) is 39.9 Å². The Hall–Kier alpha value is -1.59. The van der Waals surface area contributed by atoms with Crippen molar-refractivity contribution < 1.29 is 13.2 Å². The molecule has 0 spiro atoms. The van der Waals surface area contributed by atoms with Crippen molar-refractivity contribution in [1.82, 2.24) is 15.0 Å². The van der Waals surface area contributed by atoms with Crippen LogP contribution in [-0.4, -0.2) is 15.0 Å². The molecule has 0 aliphatic rings. The van der Waals surface area contributed by atoms with Crippen molar-refractivity contribution in [3.05, 3.63) is 23.8 Å². The summed E-state index contributed by atoms with van der Waals surface area (Å²) in [4.78, 5) is 1.49. The summed E-state index contributed by atoms with van der Waals surface area (Å²) in [7, 11) is 0. The van der Waals surface area contributed by atoms with Gasteiger partial charge in [0, 0.05) is 0 Å². The summed E-state index contributed by atoms with van der Waals surface area (Å²) in [6.07, 6.45) is -4.35. The molecule has 0 aliphatic heterocycles. The van der Waals surface area contributed by atoms with Crippen molar-refractivity contribution >= 4 is 11.0 Å². The molecule has 0 saturated heterocycles. The maximum atomic E-state index is 12.6. The van der Waals surface area contributed by atoms with E-state index in [1.165, 1.54) is 10.9 Å². The zero-order valence-electron chi connectivity index (χ0n) is 11.3. The van der Waals surface area contributed by atoms with Gasteiger partial charge in [-0.2, -0.15) is 28.2 Å². The minimum absolute atomic E-state index is 0.00534. The van der Waals surface area contributed by atoms with Crippen molar-refractivity contribution in [3.63, 3.8) is 0 Å². The molecule has 1 unspecified atom stereocenters. The van der Waals surface area contributed by atoms with Gasteiger partial charge in [-0.15, -0.1) is 0 Å². The molecule has 1 atom stereocenters. The van der Waals surface area contributed by atoms with E-state index >= 15 is 0 Å². The molecular formula is C13H16F3N3. The van der Waals surface area contributed by atoms with Crippen LogP contribution in [0.25, 0.3) is 11.0 Å². The van der Waals surface area contributed by atoms with Crippen LogP contribution in [0, 0.1) is 5.41 Å². The zero-order chi connectivity index (χ0) is 14.4. The summed E-state index contributed by atoms with van der Waals surface area (Å²) >= 11 is 0. The SMILES string of the molecule is CC(n1nc2ccc(C(F)(F)F)cc2n1)C(C)(C)C. The van der Waals surface area contributed by atoms with Crippen LogP contribution in [0.4, 0.5) is 13.2 Å². The topological polar surface area (TPSA) is 30.7 Å². The second-order valence-corrected chi connectivity index (χ2v) is 5.76. The molecule has 0 radical (unpaired) electrons. The largest absolute Gasteiger partial charge is 0.416 e. The summed E-state index contributed by atoms with van der Waals surface area (Å²) in [6, 6.07) is 3.42. The van der Waals surface area contributed by atoms with E-state index in [0.717, 1.165) is 12.1 Å². The number of halogens is 3. The highest BCUT2D eigenvalue weighted by atomic mass is 19.4. The number of rotatable bonds is 1. The fraction of sp³-hybridized carbons (Fsp3) is 0.538. The summed E-state index contributed by atoms with van der Waals surface area (Å²) < 4.78 is 37.8. The Labute approximate surface area is 109 Å². The lowest BCUT2D eigenvalue weighted by Crippen LogP contribution is -2.23. The van der Waals surface area contributed by atoms with E-state index in [2.05, 4.69) is 10.2 Å². The van der Waals surface area contributed by atoms with Gasteiger partial charge >= 0.3 is 6.18 Å². The first-order valence-corrected chi connectivity index (χ1v) is 6.03. The normalized spacial score (nSPS) is 14.9. The Morgan fingerprint density at radius 2 is 1.63 bits per heavy atom. The first-order chi connectivity index (χ1) is 8.59. The van der Waals surface area contributed by atoms with Crippen LogP contribution in [-0.2, 0) is 6.18 Å². The van der Waals surface area contributed by atoms with Gasteiger partial charge in [-0.3, -0.25) is 0 Å². The highest BCUT2D eigenvalue weighted by Gasteiger charge is 2.31. The third kappa shape index (κ3) is 2.72. The van der Waals surface area contributed by atoms with Gasteiger partial charge in [-0.05, 0) is 30.5 Å². The standard InChI is InChI=1S/C13H16F3N3/c1-8(12(2,3)4)19-17-10-6-5-9(13(14,15)16)7-11(10)18-19/h5-8H,1-4H3. The molecule has 0 N–H and O–H groups in total. The van der Waals surface area contributed by atoms with Crippen LogP contribution in [0.3, 0.4) is 0 Å². The molecule has 2 rings (SSSR count). The molecule has 19 heavy (non-hydrogen) atoms. The van der Waals surface area contributed by atoms with Crippen molar-refractivity contribution in [3.8, 4) is 0 Å². The van der Waals surface area contributed by atoms with Gasteiger partial charge in [0.1, 0.15) is 11.0 Å². The number of hydrogen-bond acceptors (Lipinski definition) is 2. The second kappa shape index (κ2) is 4.21. The van der Waals surface area contributed by atoms with Crippen LogP contribution in [0.15, 0.2) is 18.2 Å². The average Bonchev–Trinajstić information content (AvgIpc) is 2.67. The van der Waals surface area contributed by atoms with E-state index in [1.54, 1.807) is 0 Å². The fourth-order valence-corrected chi connectivity index (χ4v) is 1.63. The lowest BCUT2D eigenvalue weighted by Gasteiger charge is -2.25. The number of nitrogens with zero attached hydrogens (tertiary/aromatic N) is 3. The molecular weight excluding hydrogens is 255 g/mol. The van der Waals surface area contributed by atoms with Crippen LogP contribution >= 0.6 is 0 Å². The lowest BCUT2D eigenvalue weighted by molar-refractivity contribution is -0.137. The monoisotopic (exact) mass is 271 g/mol. The Balaban J connectivity index is 2.47. The van der Waals surface area contributed by atoms with Crippen LogP contribution in [0.1, 0.15) is 39.3 Å². The van der Waals surface area contributed by atoms with Gasteiger partial charge in [-0.1, -0.05) is 20.8 Å². The first-order valence-electron chi connectivity index (χ1n) is 6.03. The van der Waals surface area contributed by atoms with Gasteiger partial charge in [0.25, 0.3) is 0 Å². The highest BCUT2D eigenvalue weighted by molar-refractivity contribution is 5.74. The third-order valence-electron chi connectivity index (χ3n) is 3.32. The number of fused-ring (bicyclic) bond motifs is 1. The van der Waals surface area contributed by atoms with Crippen molar-refractivity contribution in [2.75, 3.05) is 0 Å². The summed E-state index contributed by atoms with van der Waals surface area (Å²) in [5.74, 6) is 0. The molecule has 0 amide bonds. The van der Waals surface area contributed by atoms with E-state index in [0.29, 0.717) is 5.52 Å². The van der Waals surface area contributed by atoms with Crippen LogP contribution in [0.5, 0.6) is 0 Å². The van der Waals surface area contributed by atoms with E-state index < -0.39 is 11.7 Å². The maximum absolute atomic E-state index is 12.6. The number of aromatic nitrogens is 3. The molecule has 1 aromatic carbocycles. The predicted molar refractivity (Wildman–Crippen MR) is 66.7 cm³/mol. The number of hydrogen-bond donors (Lipinski definition) is 0. The molecule has 0 fully saturated rings. The summed E-state index contributed by atoms with van der Waals surface area (Å²) in [6.45, 7) is 8.05. The molecule has 6 heteroatoms.